The van der Waals surface area contributed by atoms with Crippen molar-refractivity contribution in [2.75, 3.05) is 6.61 Å². The van der Waals surface area contributed by atoms with Crippen molar-refractivity contribution in [1.82, 2.24) is 14.9 Å². The van der Waals surface area contributed by atoms with Gasteiger partial charge in [-0.1, -0.05) is 18.2 Å². The summed E-state index contributed by atoms with van der Waals surface area (Å²) in [6.07, 6.45) is 5.35. The molecule has 0 radical (unpaired) electrons. The molecule has 21 heavy (non-hydrogen) atoms. The van der Waals surface area contributed by atoms with Gasteiger partial charge in [-0.05, 0) is 32.4 Å². The molecule has 5 nitrogen and oxygen atoms in total. The van der Waals surface area contributed by atoms with Crippen LogP contribution in [-0.4, -0.2) is 27.7 Å². The Morgan fingerprint density at radius 3 is 2.81 bits per heavy atom. The molecule has 1 amide bonds. The van der Waals surface area contributed by atoms with Crippen molar-refractivity contribution >= 4 is 5.91 Å². The quantitative estimate of drug-likeness (QED) is 0.887. The van der Waals surface area contributed by atoms with E-state index in [1.807, 2.05) is 42.0 Å². The van der Waals surface area contributed by atoms with Gasteiger partial charge in [-0.25, -0.2) is 4.98 Å². The largest absolute Gasteiger partial charge is 0.366 e. The minimum atomic E-state index is -0.821. The number of imidazole rings is 1. The lowest BCUT2D eigenvalue weighted by Crippen LogP contribution is -2.44. The lowest BCUT2D eigenvalue weighted by Gasteiger charge is -2.23. The van der Waals surface area contributed by atoms with E-state index in [9.17, 15) is 4.79 Å². The standard InChI is InChI=1S/C16H21N3O2/c1-4-21-16(2,3)15(20)18-11-13-7-5-6-8-14(13)19-10-9-17-12-19/h5-10,12H,4,11H2,1-3H3,(H,18,20). The normalized spacial score (nSPS) is 11.4. The van der Waals surface area contributed by atoms with E-state index in [0.29, 0.717) is 13.2 Å². The molecular formula is C16H21N3O2. The van der Waals surface area contributed by atoms with E-state index in [1.165, 1.54) is 0 Å². The Hall–Kier alpha value is -2.14. The average molecular weight is 287 g/mol. The van der Waals surface area contributed by atoms with Gasteiger partial charge in [0.25, 0.3) is 5.91 Å². The summed E-state index contributed by atoms with van der Waals surface area (Å²) in [5, 5.41) is 2.93. The third-order valence-corrected chi connectivity index (χ3v) is 3.27. The summed E-state index contributed by atoms with van der Waals surface area (Å²) >= 11 is 0. The van der Waals surface area contributed by atoms with Gasteiger partial charge in [0.05, 0.1) is 12.0 Å². The maximum Gasteiger partial charge on any atom is 0.251 e. The van der Waals surface area contributed by atoms with Crippen molar-refractivity contribution in [2.24, 2.45) is 0 Å². The highest BCUT2D eigenvalue weighted by Gasteiger charge is 2.27. The third-order valence-electron chi connectivity index (χ3n) is 3.27. The van der Waals surface area contributed by atoms with Crippen LogP contribution < -0.4 is 5.32 Å². The summed E-state index contributed by atoms with van der Waals surface area (Å²) in [7, 11) is 0. The van der Waals surface area contributed by atoms with Gasteiger partial charge in [-0.2, -0.15) is 0 Å². The molecule has 2 rings (SSSR count). The lowest BCUT2D eigenvalue weighted by molar-refractivity contribution is -0.142. The van der Waals surface area contributed by atoms with Crippen molar-refractivity contribution in [3.05, 3.63) is 48.5 Å². The Morgan fingerprint density at radius 2 is 2.14 bits per heavy atom. The second-order valence-electron chi connectivity index (χ2n) is 5.22. The molecule has 0 aliphatic rings. The summed E-state index contributed by atoms with van der Waals surface area (Å²) in [4.78, 5) is 16.2. The van der Waals surface area contributed by atoms with E-state index in [2.05, 4.69) is 10.3 Å². The van der Waals surface area contributed by atoms with Crippen molar-refractivity contribution in [3.63, 3.8) is 0 Å². The van der Waals surface area contributed by atoms with Gasteiger partial charge in [0.2, 0.25) is 0 Å². The zero-order valence-corrected chi connectivity index (χ0v) is 12.7. The summed E-state index contributed by atoms with van der Waals surface area (Å²) in [6.45, 7) is 6.38. The first-order valence-electron chi connectivity index (χ1n) is 7.03. The number of ether oxygens (including phenoxy) is 1. The fraction of sp³-hybridized carbons (Fsp3) is 0.375. The van der Waals surface area contributed by atoms with Crippen LogP contribution >= 0.6 is 0 Å². The third kappa shape index (κ3) is 3.70. The molecule has 0 unspecified atom stereocenters. The van der Waals surface area contributed by atoms with Gasteiger partial charge in [-0.15, -0.1) is 0 Å². The van der Waals surface area contributed by atoms with Gasteiger partial charge < -0.3 is 14.6 Å². The molecule has 112 valence electrons. The fourth-order valence-corrected chi connectivity index (χ4v) is 2.13. The predicted molar refractivity (Wildman–Crippen MR) is 81.1 cm³/mol. The zero-order chi connectivity index (χ0) is 15.3. The number of benzene rings is 1. The molecule has 0 aliphatic carbocycles. The Labute approximate surface area is 125 Å². The summed E-state index contributed by atoms with van der Waals surface area (Å²) in [5.74, 6) is -0.121. The van der Waals surface area contributed by atoms with Crippen LogP contribution in [-0.2, 0) is 16.1 Å². The van der Waals surface area contributed by atoms with Crippen LogP contribution in [0, 0.1) is 0 Å². The molecular weight excluding hydrogens is 266 g/mol. The molecule has 1 N–H and O–H groups in total. The van der Waals surface area contributed by atoms with Crippen molar-refractivity contribution < 1.29 is 9.53 Å². The SMILES string of the molecule is CCOC(C)(C)C(=O)NCc1ccccc1-n1ccnc1. The molecule has 2 aromatic rings. The first-order valence-corrected chi connectivity index (χ1v) is 7.03. The molecule has 5 heteroatoms. The number of aromatic nitrogens is 2. The van der Waals surface area contributed by atoms with Crippen LogP contribution in [0.1, 0.15) is 26.3 Å². The van der Waals surface area contributed by atoms with Crippen LogP contribution in [0.15, 0.2) is 43.0 Å². The number of para-hydroxylation sites is 1. The summed E-state index contributed by atoms with van der Waals surface area (Å²) in [6, 6.07) is 7.90. The number of amides is 1. The molecule has 1 heterocycles. The van der Waals surface area contributed by atoms with Crippen molar-refractivity contribution in [1.29, 1.82) is 0 Å². The Bertz CT molecular complexity index is 591. The Kier molecular flexibility index (Phi) is 4.75. The highest BCUT2D eigenvalue weighted by Crippen LogP contribution is 2.15. The number of hydrogen-bond acceptors (Lipinski definition) is 3. The van der Waals surface area contributed by atoms with Crippen molar-refractivity contribution in [2.45, 2.75) is 32.9 Å². The molecule has 0 fully saturated rings. The maximum atomic E-state index is 12.2. The molecule has 0 spiro atoms. The van der Waals surface area contributed by atoms with Gasteiger partial charge in [0.15, 0.2) is 0 Å². The maximum absolute atomic E-state index is 12.2. The zero-order valence-electron chi connectivity index (χ0n) is 12.7. The first kappa shape index (κ1) is 15.3. The summed E-state index contributed by atoms with van der Waals surface area (Å²) < 4.78 is 7.38. The monoisotopic (exact) mass is 287 g/mol. The molecule has 0 aliphatic heterocycles. The minimum absolute atomic E-state index is 0.121. The second-order valence-corrected chi connectivity index (χ2v) is 5.22. The summed E-state index contributed by atoms with van der Waals surface area (Å²) in [5.41, 5.74) is 1.21. The van der Waals surface area contributed by atoms with Crippen molar-refractivity contribution in [3.8, 4) is 5.69 Å². The van der Waals surface area contributed by atoms with E-state index in [1.54, 1.807) is 26.4 Å². The minimum Gasteiger partial charge on any atom is -0.366 e. The number of hydrogen-bond donors (Lipinski definition) is 1. The number of carbonyl (C=O) groups is 1. The highest BCUT2D eigenvalue weighted by molar-refractivity contribution is 5.84. The first-order chi connectivity index (χ1) is 10.0. The predicted octanol–water partition coefficient (Wildman–Crippen LogP) is 2.30. The molecule has 1 aromatic heterocycles. The molecule has 0 bridgehead atoms. The number of carbonyl (C=O) groups excluding carboxylic acids is 1. The van der Waals surface area contributed by atoms with Gasteiger partial charge in [0.1, 0.15) is 5.60 Å². The van der Waals surface area contributed by atoms with Gasteiger partial charge >= 0.3 is 0 Å². The molecule has 0 saturated carbocycles. The highest BCUT2D eigenvalue weighted by atomic mass is 16.5. The van der Waals surface area contributed by atoms with Crippen LogP contribution in [0.25, 0.3) is 5.69 Å². The number of nitrogens with zero attached hydrogens (tertiary/aromatic N) is 2. The number of rotatable bonds is 6. The van der Waals surface area contributed by atoms with E-state index in [-0.39, 0.29) is 5.91 Å². The van der Waals surface area contributed by atoms with Crippen LogP contribution in [0.2, 0.25) is 0 Å². The van der Waals surface area contributed by atoms with E-state index in [4.69, 9.17) is 4.74 Å². The number of nitrogens with one attached hydrogen (secondary N) is 1. The fourth-order valence-electron chi connectivity index (χ4n) is 2.13. The molecule has 0 saturated heterocycles. The van der Waals surface area contributed by atoms with E-state index >= 15 is 0 Å². The smallest absolute Gasteiger partial charge is 0.251 e. The molecule has 0 atom stereocenters. The van der Waals surface area contributed by atoms with Crippen LogP contribution in [0.5, 0.6) is 0 Å². The average Bonchev–Trinajstić information content (AvgIpc) is 2.99. The Balaban J connectivity index is 2.09. The van der Waals surface area contributed by atoms with Crippen LogP contribution in [0.3, 0.4) is 0 Å². The molecule has 1 aromatic carbocycles. The van der Waals surface area contributed by atoms with Gasteiger partial charge in [0, 0.05) is 25.5 Å². The van der Waals surface area contributed by atoms with E-state index < -0.39 is 5.60 Å². The Morgan fingerprint density at radius 1 is 1.38 bits per heavy atom. The van der Waals surface area contributed by atoms with E-state index in [0.717, 1.165) is 11.3 Å². The lowest BCUT2D eigenvalue weighted by atomic mass is 10.1. The topological polar surface area (TPSA) is 56.1 Å². The van der Waals surface area contributed by atoms with Crippen LogP contribution in [0.4, 0.5) is 0 Å². The second kappa shape index (κ2) is 6.54. The van der Waals surface area contributed by atoms with Gasteiger partial charge in [-0.3, -0.25) is 4.79 Å².